The lowest BCUT2D eigenvalue weighted by atomic mass is 10.0. The topological polar surface area (TPSA) is 37.3 Å². The van der Waals surface area contributed by atoms with Crippen LogP contribution in [0.25, 0.3) is 17.2 Å². The van der Waals surface area contributed by atoms with E-state index >= 15 is 0 Å². The Bertz CT molecular complexity index is 648. The highest BCUT2D eigenvalue weighted by Crippen LogP contribution is 2.25. The van der Waals surface area contributed by atoms with Gasteiger partial charge in [0.1, 0.15) is 11.6 Å². The molecule has 2 rings (SSSR count). The third kappa shape index (κ3) is 3.25. The quantitative estimate of drug-likeness (QED) is 0.854. The summed E-state index contributed by atoms with van der Waals surface area (Å²) in [5.74, 6) is -2.14. The zero-order chi connectivity index (χ0) is 13.8. The Kier molecular flexibility index (Phi) is 3.71. The standard InChI is InChI=1S/C15H10F2O2/c16-12-8-10(5-6-15(18)19)7-11(9-12)13-3-1-2-4-14(13)17/h1-9H,(H,18,19). The molecule has 1 N–H and O–H groups in total. The summed E-state index contributed by atoms with van der Waals surface area (Å²) in [6.45, 7) is 0. The lowest BCUT2D eigenvalue weighted by Gasteiger charge is -2.05. The molecule has 0 saturated heterocycles. The van der Waals surface area contributed by atoms with E-state index in [0.29, 0.717) is 11.1 Å². The fourth-order valence-electron chi connectivity index (χ4n) is 1.73. The number of aliphatic carboxylic acids is 1. The Balaban J connectivity index is 2.48. The van der Waals surface area contributed by atoms with Gasteiger partial charge in [0.2, 0.25) is 0 Å². The zero-order valence-electron chi connectivity index (χ0n) is 9.81. The predicted octanol–water partition coefficient (Wildman–Crippen LogP) is 3.73. The minimum atomic E-state index is -1.13. The molecule has 2 aromatic rings. The average molecular weight is 260 g/mol. The van der Waals surface area contributed by atoms with Crippen LogP contribution in [0.3, 0.4) is 0 Å². The van der Waals surface area contributed by atoms with Gasteiger partial charge in [0.05, 0.1) is 0 Å². The SMILES string of the molecule is O=C(O)C=Cc1cc(F)cc(-c2ccccc2F)c1. The van der Waals surface area contributed by atoms with Crippen molar-refractivity contribution in [2.24, 2.45) is 0 Å². The second kappa shape index (κ2) is 5.44. The van der Waals surface area contributed by atoms with E-state index in [9.17, 15) is 13.6 Å². The van der Waals surface area contributed by atoms with Crippen molar-refractivity contribution in [2.75, 3.05) is 0 Å². The largest absolute Gasteiger partial charge is 0.478 e. The van der Waals surface area contributed by atoms with Gasteiger partial charge in [-0.25, -0.2) is 13.6 Å². The highest BCUT2D eigenvalue weighted by Gasteiger charge is 2.06. The van der Waals surface area contributed by atoms with Crippen LogP contribution in [-0.4, -0.2) is 11.1 Å². The van der Waals surface area contributed by atoms with Crippen molar-refractivity contribution in [3.05, 3.63) is 65.7 Å². The molecule has 0 aliphatic carbocycles. The van der Waals surface area contributed by atoms with Gasteiger partial charge in [-0.15, -0.1) is 0 Å². The Morgan fingerprint density at radius 1 is 1.11 bits per heavy atom. The summed E-state index contributed by atoms with van der Waals surface area (Å²) in [4.78, 5) is 10.4. The van der Waals surface area contributed by atoms with E-state index in [1.54, 1.807) is 12.1 Å². The normalized spacial score (nSPS) is 10.8. The maximum Gasteiger partial charge on any atom is 0.328 e. The van der Waals surface area contributed by atoms with E-state index < -0.39 is 17.6 Å². The van der Waals surface area contributed by atoms with E-state index in [1.165, 1.54) is 36.4 Å². The van der Waals surface area contributed by atoms with Crippen LogP contribution in [0.5, 0.6) is 0 Å². The molecule has 19 heavy (non-hydrogen) atoms. The van der Waals surface area contributed by atoms with Crippen molar-refractivity contribution in [2.45, 2.75) is 0 Å². The molecule has 0 aromatic heterocycles. The molecule has 0 aliphatic heterocycles. The number of benzene rings is 2. The number of carbonyl (C=O) groups is 1. The van der Waals surface area contributed by atoms with Crippen LogP contribution in [-0.2, 0) is 4.79 Å². The number of hydrogen-bond donors (Lipinski definition) is 1. The fraction of sp³-hybridized carbons (Fsp3) is 0. The molecule has 0 fully saturated rings. The Morgan fingerprint density at radius 3 is 2.53 bits per heavy atom. The molecule has 0 amide bonds. The maximum atomic E-state index is 13.6. The molecule has 0 atom stereocenters. The highest BCUT2D eigenvalue weighted by molar-refractivity contribution is 5.85. The lowest BCUT2D eigenvalue weighted by molar-refractivity contribution is -0.131. The van der Waals surface area contributed by atoms with Crippen LogP contribution in [0.2, 0.25) is 0 Å². The van der Waals surface area contributed by atoms with Gasteiger partial charge in [0.25, 0.3) is 0 Å². The van der Waals surface area contributed by atoms with Crippen molar-refractivity contribution in [1.29, 1.82) is 0 Å². The fourth-order valence-corrected chi connectivity index (χ4v) is 1.73. The zero-order valence-corrected chi connectivity index (χ0v) is 9.81. The number of carboxylic acid groups (broad SMARTS) is 1. The van der Waals surface area contributed by atoms with Gasteiger partial charge in [0, 0.05) is 11.6 Å². The molecule has 2 nitrogen and oxygen atoms in total. The molecule has 2 aromatic carbocycles. The van der Waals surface area contributed by atoms with Gasteiger partial charge < -0.3 is 5.11 Å². The third-order valence-corrected chi connectivity index (χ3v) is 2.52. The van der Waals surface area contributed by atoms with Crippen molar-refractivity contribution in [3.8, 4) is 11.1 Å². The molecule has 0 bridgehead atoms. The third-order valence-electron chi connectivity index (χ3n) is 2.52. The molecular weight excluding hydrogens is 250 g/mol. The van der Waals surface area contributed by atoms with Gasteiger partial charge in [-0.1, -0.05) is 18.2 Å². The summed E-state index contributed by atoms with van der Waals surface area (Å²) >= 11 is 0. The van der Waals surface area contributed by atoms with Crippen molar-refractivity contribution in [3.63, 3.8) is 0 Å². The molecule has 0 saturated carbocycles. The first-order chi connectivity index (χ1) is 9.06. The summed E-state index contributed by atoms with van der Waals surface area (Å²) in [5, 5.41) is 8.53. The van der Waals surface area contributed by atoms with Crippen LogP contribution in [0.1, 0.15) is 5.56 Å². The Labute approximate surface area is 108 Å². The van der Waals surface area contributed by atoms with Gasteiger partial charge in [-0.2, -0.15) is 0 Å². The van der Waals surface area contributed by atoms with E-state index in [-0.39, 0.29) is 5.56 Å². The first-order valence-electron chi connectivity index (χ1n) is 5.53. The summed E-state index contributed by atoms with van der Waals surface area (Å²) < 4.78 is 27.1. The van der Waals surface area contributed by atoms with E-state index in [2.05, 4.69) is 0 Å². The van der Waals surface area contributed by atoms with Gasteiger partial charge in [-0.3, -0.25) is 0 Å². The van der Waals surface area contributed by atoms with Gasteiger partial charge in [0.15, 0.2) is 0 Å². The number of halogens is 2. The maximum absolute atomic E-state index is 13.6. The molecular formula is C15H10F2O2. The summed E-state index contributed by atoms with van der Waals surface area (Å²) in [6, 6.07) is 9.93. The Hall–Kier alpha value is -2.49. The monoisotopic (exact) mass is 260 g/mol. The molecule has 0 spiro atoms. The molecule has 4 heteroatoms. The minimum Gasteiger partial charge on any atom is -0.478 e. The van der Waals surface area contributed by atoms with E-state index in [4.69, 9.17) is 5.11 Å². The molecule has 0 heterocycles. The van der Waals surface area contributed by atoms with Gasteiger partial charge in [-0.05, 0) is 41.5 Å². The average Bonchev–Trinajstić information content (AvgIpc) is 2.36. The smallest absolute Gasteiger partial charge is 0.328 e. The second-order valence-electron chi connectivity index (χ2n) is 3.92. The highest BCUT2D eigenvalue weighted by atomic mass is 19.1. The van der Waals surface area contributed by atoms with Crippen molar-refractivity contribution >= 4 is 12.0 Å². The molecule has 0 aliphatic rings. The number of carboxylic acids is 1. The number of hydrogen-bond acceptors (Lipinski definition) is 1. The molecule has 96 valence electrons. The van der Waals surface area contributed by atoms with E-state index in [0.717, 1.165) is 6.08 Å². The lowest BCUT2D eigenvalue weighted by Crippen LogP contribution is -1.89. The first kappa shape index (κ1) is 13.0. The first-order valence-corrected chi connectivity index (χ1v) is 5.53. The minimum absolute atomic E-state index is 0.270. The second-order valence-corrected chi connectivity index (χ2v) is 3.92. The summed E-state index contributed by atoms with van der Waals surface area (Å²) in [7, 11) is 0. The number of rotatable bonds is 3. The van der Waals surface area contributed by atoms with E-state index in [1.807, 2.05) is 0 Å². The van der Waals surface area contributed by atoms with Crippen molar-refractivity contribution in [1.82, 2.24) is 0 Å². The van der Waals surface area contributed by atoms with Crippen molar-refractivity contribution < 1.29 is 18.7 Å². The predicted molar refractivity (Wildman–Crippen MR) is 68.5 cm³/mol. The summed E-state index contributed by atoms with van der Waals surface area (Å²) in [6.07, 6.45) is 2.16. The van der Waals surface area contributed by atoms with Crippen LogP contribution >= 0.6 is 0 Å². The van der Waals surface area contributed by atoms with Crippen LogP contribution in [0.15, 0.2) is 48.5 Å². The summed E-state index contributed by atoms with van der Waals surface area (Å²) in [5.41, 5.74) is 0.996. The molecule has 0 unspecified atom stereocenters. The Morgan fingerprint density at radius 2 is 1.84 bits per heavy atom. The van der Waals surface area contributed by atoms with Crippen LogP contribution in [0.4, 0.5) is 8.78 Å². The van der Waals surface area contributed by atoms with Gasteiger partial charge >= 0.3 is 5.97 Å². The van der Waals surface area contributed by atoms with Crippen LogP contribution in [0, 0.1) is 11.6 Å². The van der Waals surface area contributed by atoms with Crippen LogP contribution < -0.4 is 0 Å². The molecule has 0 radical (unpaired) electrons.